The van der Waals surface area contributed by atoms with E-state index in [4.69, 9.17) is 37.7 Å². The van der Waals surface area contributed by atoms with Crippen molar-refractivity contribution in [3.8, 4) is 0 Å². The molecule has 1 fully saturated rings. The van der Waals surface area contributed by atoms with Crippen LogP contribution in [0.3, 0.4) is 0 Å². The number of fused-ring (bicyclic) bond motifs is 6. The van der Waals surface area contributed by atoms with Crippen LogP contribution in [0.1, 0.15) is 155 Å². The maximum Gasteiger partial charge on any atom is 0.486 e. The molecular weight excluding hydrogens is 1200 g/mol. The molecule has 5 aliphatic rings. The van der Waals surface area contributed by atoms with Crippen molar-refractivity contribution >= 4 is 76.7 Å². The molecule has 4 aromatic heterocycles. The van der Waals surface area contributed by atoms with E-state index < -0.39 is 34.0 Å². The fourth-order valence-corrected chi connectivity index (χ4v) is 10.8. The van der Waals surface area contributed by atoms with Crippen molar-refractivity contribution in [3.05, 3.63) is 122 Å². The topological polar surface area (TPSA) is 258 Å². The standard InChI is InChI=1S/C29H36N4O6.C19H36BNO5.C16H12BrN3O3/c1-28(2,3)39-27(36)33(4)10-6-7-11-38-12-8-9-19-13-22-24(31-17-19)32-26(35)29(22)15-20-14-21(25(34)37-5)18-30-23(20)16-29;1-17(2,3)24-16(22)21(8)13-9-10-14-23-15-11-12-20-25-18(4,5)19(6,7)26-20;1-23-14(21)9-2-8-4-16(5-12(8)18-6-9)11-3-10(17)7-19-13(11)20-15(16)22/h8-9,13-14,17-18H,6-7,10-12,15-16H2,1-5H3,(H,31,32,35);11-12H,9-10,13-15H2,1-8H3;2-3,6-7H,4-5H2,1H3,(H,19,20,22)/b9-8+;12-11+;/t29-;;16-/m0.0/s1. The van der Waals surface area contributed by atoms with E-state index in [9.17, 15) is 28.8 Å². The number of carbonyl (C=O) groups excluding carboxylic acids is 6. The molecule has 0 radical (unpaired) electrons. The van der Waals surface area contributed by atoms with Gasteiger partial charge < -0.3 is 58.2 Å². The van der Waals surface area contributed by atoms with Gasteiger partial charge in [-0.15, -0.1) is 0 Å². The number of unbranched alkanes of at least 4 members (excludes halogenated alkanes) is 2. The highest BCUT2D eigenvalue weighted by Gasteiger charge is 2.54. The van der Waals surface area contributed by atoms with Crippen LogP contribution in [-0.4, -0.2) is 163 Å². The Labute approximate surface area is 524 Å². The van der Waals surface area contributed by atoms with Gasteiger partial charge in [-0.2, -0.15) is 0 Å². The lowest BCUT2D eigenvalue weighted by molar-refractivity contribution is -0.121. The molecule has 24 heteroatoms. The normalized spacial score (nSPS) is 19.0. The van der Waals surface area contributed by atoms with Crippen molar-refractivity contribution in [3.63, 3.8) is 0 Å². The second-order valence-electron chi connectivity index (χ2n) is 25.5. The molecular formula is C64H84BBrN8O14. The molecule has 0 saturated carbocycles. The average Bonchev–Trinajstić information content (AvgIpc) is 1.60. The van der Waals surface area contributed by atoms with Crippen LogP contribution in [-0.2, 0) is 83.8 Å². The van der Waals surface area contributed by atoms with Crippen LogP contribution in [0.25, 0.3) is 6.08 Å². The number of rotatable bonds is 18. The van der Waals surface area contributed by atoms with Gasteiger partial charge in [0.25, 0.3) is 0 Å². The molecule has 88 heavy (non-hydrogen) atoms. The van der Waals surface area contributed by atoms with E-state index in [0.717, 1.165) is 69.4 Å². The number of nitrogens with one attached hydrogen (secondary N) is 2. The lowest BCUT2D eigenvalue weighted by atomic mass is 9.79. The zero-order valence-corrected chi connectivity index (χ0v) is 54.8. The molecule has 4 amide bonds. The molecule has 22 nitrogen and oxygen atoms in total. The molecule has 2 N–H and O–H groups in total. The van der Waals surface area contributed by atoms with Gasteiger partial charge in [0.1, 0.15) is 22.8 Å². The van der Waals surface area contributed by atoms with Gasteiger partial charge in [0, 0.05) is 105 Å². The van der Waals surface area contributed by atoms with Crippen LogP contribution in [0.5, 0.6) is 0 Å². The van der Waals surface area contributed by atoms with Gasteiger partial charge in [-0.1, -0.05) is 24.2 Å². The molecule has 2 spiro atoms. The summed E-state index contributed by atoms with van der Waals surface area (Å²) in [5.41, 5.74) is 3.66. The summed E-state index contributed by atoms with van der Waals surface area (Å²) >= 11 is 3.41. The van der Waals surface area contributed by atoms with Crippen LogP contribution >= 0.6 is 15.9 Å². The van der Waals surface area contributed by atoms with E-state index in [1.54, 1.807) is 48.4 Å². The third kappa shape index (κ3) is 17.0. The number of nitrogens with zero attached hydrogens (tertiary/aromatic N) is 6. The lowest BCUT2D eigenvalue weighted by Gasteiger charge is -2.32. The summed E-state index contributed by atoms with van der Waals surface area (Å²) in [4.78, 5) is 93.9. The fraction of sp³-hybridized carbons (Fsp3) is 0.531. The molecule has 0 unspecified atom stereocenters. The van der Waals surface area contributed by atoms with E-state index in [-0.39, 0.29) is 42.3 Å². The van der Waals surface area contributed by atoms with Crippen molar-refractivity contribution in [1.82, 2.24) is 29.7 Å². The molecule has 7 heterocycles. The minimum Gasteiger partial charge on any atom is -0.465 e. The molecule has 0 aromatic carbocycles. The van der Waals surface area contributed by atoms with Crippen LogP contribution in [0.2, 0.25) is 0 Å². The maximum atomic E-state index is 13.1. The number of pyridine rings is 4. The van der Waals surface area contributed by atoms with Crippen molar-refractivity contribution in [2.24, 2.45) is 0 Å². The Kier molecular flexibility index (Phi) is 22.2. The first kappa shape index (κ1) is 68.4. The summed E-state index contributed by atoms with van der Waals surface area (Å²) in [6.45, 7) is 22.7. The third-order valence-electron chi connectivity index (χ3n) is 15.8. The number of halogens is 1. The number of ether oxygens (including phenoxy) is 6. The highest BCUT2D eigenvalue weighted by atomic mass is 79.9. The smallest absolute Gasteiger partial charge is 0.465 e. The van der Waals surface area contributed by atoms with Crippen molar-refractivity contribution in [2.45, 2.75) is 154 Å². The van der Waals surface area contributed by atoms with Crippen LogP contribution < -0.4 is 10.6 Å². The minimum absolute atomic E-state index is 0.0734. The minimum atomic E-state index is -0.792. The summed E-state index contributed by atoms with van der Waals surface area (Å²) in [5, 5.41) is 5.76. The Morgan fingerprint density at radius 3 is 1.52 bits per heavy atom. The molecule has 2 atom stereocenters. The first-order valence-electron chi connectivity index (χ1n) is 29.5. The number of amides is 4. The average molecular weight is 1280 g/mol. The number of esters is 2. The Balaban J connectivity index is 0.000000197. The summed E-state index contributed by atoms with van der Waals surface area (Å²) in [6.07, 6.45) is 16.8. The zero-order chi connectivity index (χ0) is 64.4. The summed E-state index contributed by atoms with van der Waals surface area (Å²) in [5.74, 6) is 1.99. The Morgan fingerprint density at radius 2 is 1.07 bits per heavy atom. The molecule has 2 aliphatic carbocycles. The number of hydrogen-bond acceptors (Lipinski definition) is 18. The molecule has 9 rings (SSSR count). The second kappa shape index (κ2) is 28.6. The zero-order valence-electron chi connectivity index (χ0n) is 53.2. The molecule has 1 saturated heterocycles. The molecule has 474 valence electrons. The van der Waals surface area contributed by atoms with Crippen LogP contribution in [0, 0.1) is 0 Å². The van der Waals surface area contributed by atoms with Crippen LogP contribution in [0.15, 0.2) is 71.7 Å². The number of methoxy groups -OCH3 is 2. The lowest BCUT2D eigenvalue weighted by Crippen LogP contribution is -2.41. The molecule has 4 aromatic rings. The van der Waals surface area contributed by atoms with Gasteiger partial charge in [0.15, 0.2) is 0 Å². The predicted octanol–water partition coefficient (Wildman–Crippen LogP) is 9.78. The highest BCUT2D eigenvalue weighted by Crippen LogP contribution is 2.48. The van der Waals surface area contributed by atoms with E-state index in [0.29, 0.717) is 88.0 Å². The Bertz CT molecular complexity index is 3270. The van der Waals surface area contributed by atoms with Gasteiger partial charge in [0.05, 0.1) is 60.6 Å². The second-order valence-corrected chi connectivity index (χ2v) is 26.4. The van der Waals surface area contributed by atoms with Gasteiger partial charge in [0.2, 0.25) is 11.8 Å². The largest absolute Gasteiger partial charge is 0.486 e. The maximum absolute atomic E-state index is 13.1. The number of carbonyl (C=O) groups is 6. The molecule has 3 aliphatic heterocycles. The van der Waals surface area contributed by atoms with Gasteiger partial charge in [-0.05, 0) is 165 Å². The van der Waals surface area contributed by atoms with Gasteiger partial charge in [-0.25, -0.2) is 29.1 Å². The van der Waals surface area contributed by atoms with E-state index >= 15 is 0 Å². The Hall–Kier alpha value is -7.12. The number of aromatic nitrogens is 4. The summed E-state index contributed by atoms with van der Waals surface area (Å²) in [6, 6.07) is 7.43. The number of hydrogen-bond donors (Lipinski definition) is 2. The van der Waals surface area contributed by atoms with E-state index in [1.807, 2.05) is 106 Å². The summed E-state index contributed by atoms with van der Waals surface area (Å²) < 4.78 is 44.1. The highest BCUT2D eigenvalue weighted by molar-refractivity contribution is 9.10. The first-order valence-corrected chi connectivity index (χ1v) is 30.3. The van der Waals surface area contributed by atoms with E-state index in [1.165, 1.54) is 26.6 Å². The SMILES string of the molecule is CN(CCCCOC/C=C/B1OC(C)(C)C(C)(C)O1)C(=O)OC(C)(C)C.COC(=O)c1cnc2c(c1)C[C@@]1(C2)C(=O)Nc2ncc(/C=C/COCCCCN(C)C(=O)OC(C)(C)C)cc21.COC(=O)c1cnc2c(c1)C[C@@]1(C2)C(=O)Nc2ncc(Br)cc21. The van der Waals surface area contributed by atoms with Gasteiger partial charge >= 0.3 is 31.2 Å². The monoisotopic (exact) mass is 1280 g/mol. The predicted molar refractivity (Wildman–Crippen MR) is 335 cm³/mol. The molecule has 0 bridgehead atoms. The quantitative estimate of drug-likeness (QED) is 0.0406. The van der Waals surface area contributed by atoms with Crippen molar-refractivity contribution in [2.75, 3.05) is 78.5 Å². The Morgan fingerprint density at radius 1 is 0.625 bits per heavy atom. The summed E-state index contributed by atoms with van der Waals surface area (Å²) in [7, 11) is 5.82. The number of anilines is 2. The van der Waals surface area contributed by atoms with Gasteiger partial charge in [-0.3, -0.25) is 19.6 Å². The van der Waals surface area contributed by atoms with Crippen molar-refractivity contribution in [1.29, 1.82) is 0 Å². The first-order chi connectivity index (χ1) is 41.4. The van der Waals surface area contributed by atoms with E-state index in [2.05, 4.69) is 46.5 Å². The third-order valence-corrected chi connectivity index (χ3v) is 16.2. The van der Waals surface area contributed by atoms with Crippen LogP contribution in [0.4, 0.5) is 21.2 Å². The van der Waals surface area contributed by atoms with Crippen molar-refractivity contribution < 1.29 is 66.5 Å². The fourth-order valence-electron chi connectivity index (χ4n) is 10.4.